The van der Waals surface area contributed by atoms with E-state index in [0.717, 1.165) is 43.9 Å². The van der Waals surface area contributed by atoms with Crippen LogP contribution < -0.4 is 5.32 Å². The smallest absolute Gasteiger partial charge is 0.163 e. The Labute approximate surface area is 105 Å². The van der Waals surface area contributed by atoms with Crippen LogP contribution in [0.25, 0.3) is 0 Å². The predicted octanol–water partition coefficient (Wildman–Crippen LogP) is 4.00. The van der Waals surface area contributed by atoms with Crippen LogP contribution in [0.1, 0.15) is 43.4 Å². The SMILES string of the molecule is CCCNC1CCCc2c(Cl)cc(F)c(F)c21. The third-order valence-electron chi connectivity index (χ3n) is 3.22. The highest BCUT2D eigenvalue weighted by Crippen LogP contribution is 2.37. The van der Waals surface area contributed by atoms with Gasteiger partial charge in [-0.1, -0.05) is 18.5 Å². The average molecular weight is 260 g/mol. The summed E-state index contributed by atoms with van der Waals surface area (Å²) in [5.74, 6) is -1.59. The molecule has 1 aliphatic carbocycles. The molecule has 1 aromatic rings. The van der Waals surface area contributed by atoms with Crippen molar-refractivity contribution in [3.63, 3.8) is 0 Å². The van der Waals surface area contributed by atoms with Crippen molar-refractivity contribution in [2.75, 3.05) is 6.54 Å². The van der Waals surface area contributed by atoms with E-state index in [1.807, 2.05) is 6.92 Å². The summed E-state index contributed by atoms with van der Waals surface area (Å²) in [6.45, 7) is 2.85. The van der Waals surface area contributed by atoms with Crippen LogP contribution in [0.4, 0.5) is 8.78 Å². The van der Waals surface area contributed by atoms with Gasteiger partial charge in [-0.3, -0.25) is 0 Å². The molecule has 0 amide bonds. The van der Waals surface area contributed by atoms with Gasteiger partial charge in [0.2, 0.25) is 0 Å². The van der Waals surface area contributed by atoms with Crippen molar-refractivity contribution in [3.05, 3.63) is 33.9 Å². The van der Waals surface area contributed by atoms with E-state index in [1.165, 1.54) is 0 Å². The lowest BCUT2D eigenvalue weighted by Gasteiger charge is -2.27. The first-order valence-electron chi connectivity index (χ1n) is 6.04. The molecule has 0 fully saturated rings. The maximum absolute atomic E-state index is 13.9. The summed E-state index contributed by atoms with van der Waals surface area (Å²) in [6.07, 6.45) is 3.50. The minimum Gasteiger partial charge on any atom is -0.310 e. The van der Waals surface area contributed by atoms with Gasteiger partial charge in [0.05, 0.1) is 0 Å². The molecule has 0 heterocycles. The van der Waals surface area contributed by atoms with Crippen molar-refractivity contribution in [2.45, 2.75) is 38.6 Å². The number of hydrogen-bond donors (Lipinski definition) is 1. The quantitative estimate of drug-likeness (QED) is 0.810. The van der Waals surface area contributed by atoms with Crippen LogP contribution in [0.3, 0.4) is 0 Å². The second kappa shape index (κ2) is 5.32. The Bertz CT molecular complexity index is 420. The standard InChI is InChI=1S/C13H16ClF2N/c1-2-6-17-11-5-3-4-8-9(14)7-10(15)13(16)12(8)11/h7,11,17H,2-6H2,1H3. The first kappa shape index (κ1) is 12.8. The maximum Gasteiger partial charge on any atom is 0.163 e. The van der Waals surface area contributed by atoms with Gasteiger partial charge in [0.25, 0.3) is 0 Å². The summed E-state index contributed by atoms with van der Waals surface area (Å²) in [6, 6.07) is 0.977. The Morgan fingerprint density at radius 2 is 2.24 bits per heavy atom. The van der Waals surface area contributed by atoms with Crippen LogP contribution in [0.5, 0.6) is 0 Å². The molecule has 1 atom stereocenters. The zero-order valence-corrected chi connectivity index (χ0v) is 10.6. The molecule has 4 heteroatoms. The number of nitrogens with one attached hydrogen (secondary N) is 1. The van der Waals surface area contributed by atoms with Gasteiger partial charge in [-0.05, 0) is 43.9 Å². The van der Waals surface area contributed by atoms with E-state index in [1.54, 1.807) is 0 Å². The highest BCUT2D eigenvalue weighted by Gasteiger charge is 2.27. The normalized spacial score (nSPS) is 19.2. The fourth-order valence-corrected chi connectivity index (χ4v) is 2.71. The van der Waals surface area contributed by atoms with Gasteiger partial charge in [-0.2, -0.15) is 0 Å². The number of rotatable bonds is 3. The van der Waals surface area contributed by atoms with E-state index in [4.69, 9.17) is 11.6 Å². The van der Waals surface area contributed by atoms with E-state index in [0.29, 0.717) is 10.6 Å². The fraction of sp³-hybridized carbons (Fsp3) is 0.538. The number of benzene rings is 1. The largest absolute Gasteiger partial charge is 0.310 e. The Kier molecular flexibility index (Phi) is 4.00. The van der Waals surface area contributed by atoms with Crippen LogP contribution in [0, 0.1) is 11.6 Å². The van der Waals surface area contributed by atoms with Crippen LogP contribution >= 0.6 is 11.6 Å². The summed E-state index contributed by atoms with van der Waals surface area (Å²) in [4.78, 5) is 0. The van der Waals surface area contributed by atoms with Crippen molar-refractivity contribution >= 4 is 11.6 Å². The Morgan fingerprint density at radius 1 is 1.47 bits per heavy atom. The first-order valence-corrected chi connectivity index (χ1v) is 6.42. The molecule has 0 saturated carbocycles. The van der Waals surface area contributed by atoms with E-state index in [-0.39, 0.29) is 6.04 Å². The van der Waals surface area contributed by atoms with Crippen molar-refractivity contribution in [3.8, 4) is 0 Å². The summed E-state index contributed by atoms with van der Waals surface area (Å²) < 4.78 is 27.2. The van der Waals surface area contributed by atoms with Gasteiger partial charge >= 0.3 is 0 Å². The average Bonchev–Trinajstić information content (AvgIpc) is 2.33. The fourth-order valence-electron chi connectivity index (χ4n) is 2.42. The minimum absolute atomic E-state index is 0.105. The third-order valence-corrected chi connectivity index (χ3v) is 3.56. The lowest BCUT2D eigenvalue weighted by atomic mass is 9.87. The second-order valence-electron chi connectivity index (χ2n) is 4.45. The van der Waals surface area contributed by atoms with Crippen LogP contribution in [0.2, 0.25) is 5.02 Å². The summed E-state index contributed by atoms with van der Waals surface area (Å²) >= 11 is 5.98. The minimum atomic E-state index is -0.848. The van der Waals surface area contributed by atoms with Crippen molar-refractivity contribution in [2.24, 2.45) is 0 Å². The van der Waals surface area contributed by atoms with Crippen LogP contribution in [-0.4, -0.2) is 6.54 Å². The lowest BCUT2D eigenvalue weighted by molar-refractivity contribution is 0.418. The van der Waals surface area contributed by atoms with E-state index in [2.05, 4.69) is 5.32 Å². The third kappa shape index (κ3) is 2.45. The maximum atomic E-state index is 13.9. The van der Waals surface area contributed by atoms with E-state index in [9.17, 15) is 8.78 Å². The molecule has 0 radical (unpaired) electrons. The van der Waals surface area contributed by atoms with Gasteiger partial charge in [0, 0.05) is 16.6 Å². The zero-order chi connectivity index (χ0) is 12.4. The molecular weight excluding hydrogens is 244 g/mol. The van der Waals surface area contributed by atoms with E-state index < -0.39 is 11.6 Å². The highest BCUT2D eigenvalue weighted by atomic mass is 35.5. The highest BCUT2D eigenvalue weighted by molar-refractivity contribution is 6.31. The Hall–Kier alpha value is -0.670. The summed E-state index contributed by atoms with van der Waals surface area (Å²) in [7, 11) is 0. The molecule has 0 spiro atoms. The number of fused-ring (bicyclic) bond motifs is 1. The number of hydrogen-bond acceptors (Lipinski definition) is 1. The molecular formula is C13H16ClF2N. The molecule has 1 aliphatic rings. The number of halogens is 3. The Balaban J connectivity index is 2.41. The van der Waals surface area contributed by atoms with Gasteiger partial charge < -0.3 is 5.32 Å². The van der Waals surface area contributed by atoms with E-state index >= 15 is 0 Å². The lowest BCUT2D eigenvalue weighted by Crippen LogP contribution is -2.27. The molecule has 94 valence electrons. The van der Waals surface area contributed by atoms with Gasteiger partial charge in [0.15, 0.2) is 11.6 Å². The molecule has 2 rings (SSSR count). The van der Waals surface area contributed by atoms with Crippen molar-refractivity contribution in [1.29, 1.82) is 0 Å². The predicted molar refractivity (Wildman–Crippen MR) is 65.3 cm³/mol. The molecule has 0 bridgehead atoms. The summed E-state index contributed by atoms with van der Waals surface area (Å²) in [5.41, 5.74) is 1.21. The molecule has 0 saturated heterocycles. The molecule has 0 aliphatic heterocycles. The molecule has 17 heavy (non-hydrogen) atoms. The summed E-state index contributed by atoms with van der Waals surface area (Å²) in [5, 5.41) is 3.61. The Morgan fingerprint density at radius 3 is 2.94 bits per heavy atom. The van der Waals surface area contributed by atoms with Crippen molar-refractivity contribution < 1.29 is 8.78 Å². The van der Waals surface area contributed by atoms with Crippen LogP contribution in [0.15, 0.2) is 6.07 Å². The monoisotopic (exact) mass is 259 g/mol. The van der Waals surface area contributed by atoms with Gasteiger partial charge in [-0.25, -0.2) is 8.78 Å². The van der Waals surface area contributed by atoms with Crippen molar-refractivity contribution in [1.82, 2.24) is 5.32 Å². The molecule has 1 aromatic carbocycles. The van der Waals surface area contributed by atoms with Gasteiger partial charge in [0.1, 0.15) is 0 Å². The molecule has 1 nitrogen and oxygen atoms in total. The first-order chi connectivity index (χ1) is 8.15. The molecule has 1 unspecified atom stereocenters. The molecule has 0 aromatic heterocycles. The topological polar surface area (TPSA) is 12.0 Å². The second-order valence-corrected chi connectivity index (χ2v) is 4.85. The van der Waals surface area contributed by atoms with Crippen LogP contribution in [-0.2, 0) is 6.42 Å². The van der Waals surface area contributed by atoms with Gasteiger partial charge in [-0.15, -0.1) is 0 Å². The zero-order valence-electron chi connectivity index (χ0n) is 9.82. The molecule has 1 N–H and O–H groups in total.